The summed E-state index contributed by atoms with van der Waals surface area (Å²) in [6.45, 7) is 4.15. The summed E-state index contributed by atoms with van der Waals surface area (Å²) in [5, 5.41) is 2.77. The van der Waals surface area contributed by atoms with Gasteiger partial charge in [-0.15, -0.1) is 0 Å². The van der Waals surface area contributed by atoms with Crippen LogP contribution in [0.25, 0.3) is 0 Å². The number of benzene rings is 1. The van der Waals surface area contributed by atoms with E-state index in [1.807, 2.05) is 31.0 Å². The first-order valence-electron chi connectivity index (χ1n) is 8.20. The van der Waals surface area contributed by atoms with Gasteiger partial charge in [0.1, 0.15) is 11.5 Å². The van der Waals surface area contributed by atoms with Gasteiger partial charge in [-0.25, -0.2) is 12.7 Å². The van der Waals surface area contributed by atoms with Gasteiger partial charge in [-0.3, -0.25) is 9.69 Å². The SMILES string of the molecule is Cc1ccc(CN(C)[C@@H](C)C(=O)Nc2cccc(S(=O)(=O)N(C)C)c2)o1. The van der Waals surface area contributed by atoms with Gasteiger partial charge >= 0.3 is 0 Å². The smallest absolute Gasteiger partial charge is 0.242 e. The Morgan fingerprint density at radius 3 is 2.46 bits per heavy atom. The number of hydrogen-bond acceptors (Lipinski definition) is 5. The van der Waals surface area contributed by atoms with E-state index in [0.717, 1.165) is 15.8 Å². The van der Waals surface area contributed by atoms with Crippen molar-refractivity contribution < 1.29 is 17.6 Å². The molecule has 1 aromatic heterocycles. The molecule has 0 aliphatic carbocycles. The van der Waals surface area contributed by atoms with E-state index in [-0.39, 0.29) is 10.8 Å². The van der Waals surface area contributed by atoms with Crippen molar-refractivity contribution in [2.75, 3.05) is 26.5 Å². The van der Waals surface area contributed by atoms with Crippen LogP contribution in [0.15, 0.2) is 45.7 Å². The van der Waals surface area contributed by atoms with Crippen molar-refractivity contribution in [2.45, 2.75) is 31.3 Å². The zero-order valence-electron chi connectivity index (χ0n) is 15.7. The van der Waals surface area contributed by atoms with Crippen molar-refractivity contribution in [3.63, 3.8) is 0 Å². The van der Waals surface area contributed by atoms with Crippen LogP contribution >= 0.6 is 0 Å². The summed E-state index contributed by atoms with van der Waals surface area (Å²) in [6, 6.07) is 9.56. The Morgan fingerprint density at radius 1 is 1.19 bits per heavy atom. The highest BCUT2D eigenvalue weighted by Gasteiger charge is 2.21. The fraction of sp³-hybridized carbons (Fsp3) is 0.389. The molecule has 0 saturated carbocycles. The van der Waals surface area contributed by atoms with E-state index in [4.69, 9.17) is 4.42 Å². The molecule has 2 rings (SSSR count). The van der Waals surface area contributed by atoms with Crippen molar-refractivity contribution in [1.29, 1.82) is 0 Å². The predicted octanol–water partition coefficient (Wildman–Crippen LogP) is 2.30. The average molecular weight is 379 g/mol. The largest absolute Gasteiger partial charge is 0.465 e. The summed E-state index contributed by atoms with van der Waals surface area (Å²) in [6.07, 6.45) is 0. The van der Waals surface area contributed by atoms with Crippen molar-refractivity contribution >= 4 is 21.6 Å². The molecule has 1 heterocycles. The molecule has 0 saturated heterocycles. The molecule has 0 bridgehead atoms. The number of carbonyl (C=O) groups is 1. The summed E-state index contributed by atoms with van der Waals surface area (Å²) in [5.74, 6) is 1.38. The molecule has 26 heavy (non-hydrogen) atoms. The van der Waals surface area contributed by atoms with Crippen LogP contribution in [-0.4, -0.2) is 50.7 Å². The van der Waals surface area contributed by atoms with Gasteiger partial charge in [-0.1, -0.05) is 6.07 Å². The maximum Gasteiger partial charge on any atom is 0.242 e. The van der Waals surface area contributed by atoms with Crippen LogP contribution in [0.3, 0.4) is 0 Å². The van der Waals surface area contributed by atoms with E-state index in [9.17, 15) is 13.2 Å². The third-order valence-electron chi connectivity index (χ3n) is 4.12. The molecule has 0 unspecified atom stereocenters. The maximum absolute atomic E-state index is 12.5. The number of anilines is 1. The Bertz CT molecular complexity index is 874. The Kier molecular flexibility index (Phi) is 6.22. The van der Waals surface area contributed by atoms with Crippen molar-refractivity contribution in [3.05, 3.63) is 47.9 Å². The number of amides is 1. The summed E-state index contributed by atoms with van der Waals surface area (Å²) >= 11 is 0. The minimum atomic E-state index is -3.55. The van der Waals surface area contributed by atoms with E-state index in [0.29, 0.717) is 12.2 Å². The second-order valence-corrected chi connectivity index (χ2v) is 8.56. The van der Waals surface area contributed by atoms with Gasteiger partial charge in [-0.2, -0.15) is 0 Å². The number of carbonyl (C=O) groups excluding carboxylic acids is 1. The average Bonchev–Trinajstić information content (AvgIpc) is 2.98. The number of rotatable bonds is 7. The van der Waals surface area contributed by atoms with Crippen LogP contribution in [0.2, 0.25) is 0 Å². The minimum Gasteiger partial charge on any atom is -0.465 e. The molecule has 1 aromatic carbocycles. The molecule has 1 amide bonds. The number of likely N-dealkylation sites (N-methyl/N-ethyl adjacent to an activating group) is 1. The fourth-order valence-electron chi connectivity index (χ4n) is 2.34. The van der Waals surface area contributed by atoms with E-state index in [2.05, 4.69) is 5.32 Å². The highest BCUT2D eigenvalue weighted by molar-refractivity contribution is 7.89. The lowest BCUT2D eigenvalue weighted by molar-refractivity contribution is -0.120. The Labute approximate surface area is 154 Å². The molecule has 1 N–H and O–H groups in total. The molecule has 142 valence electrons. The Morgan fingerprint density at radius 2 is 1.88 bits per heavy atom. The molecule has 7 nitrogen and oxygen atoms in total. The van der Waals surface area contributed by atoms with Gasteiger partial charge in [-0.05, 0) is 51.2 Å². The van der Waals surface area contributed by atoms with E-state index < -0.39 is 16.1 Å². The van der Waals surface area contributed by atoms with Crippen LogP contribution in [0.4, 0.5) is 5.69 Å². The first-order chi connectivity index (χ1) is 12.1. The van der Waals surface area contributed by atoms with Gasteiger partial charge in [0.05, 0.1) is 17.5 Å². The Balaban J connectivity index is 2.07. The summed E-state index contributed by atoms with van der Waals surface area (Å²) in [5.41, 5.74) is 0.437. The number of hydrogen-bond donors (Lipinski definition) is 1. The van der Waals surface area contributed by atoms with Crippen molar-refractivity contribution in [3.8, 4) is 0 Å². The molecule has 0 aliphatic rings. The number of nitrogens with one attached hydrogen (secondary N) is 1. The molecule has 1 atom stereocenters. The number of aryl methyl sites for hydroxylation is 1. The monoisotopic (exact) mass is 379 g/mol. The number of nitrogens with zero attached hydrogens (tertiary/aromatic N) is 2. The first kappa shape index (κ1) is 20.2. The van der Waals surface area contributed by atoms with Crippen LogP contribution in [-0.2, 0) is 21.4 Å². The van der Waals surface area contributed by atoms with Gasteiger partial charge < -0.3 is 9.73 Å². The van der Waals surface area contributed by atoms with Gasteiger partial charge in [0.25, 0.3) is 0 Å². The zero-order valence-corrected chi connectivity index (χ0v) is 16.5. The lowest BCUT2D eigenvalue weighted by atomic mass is 10.2. The standard InChI is InChI=1S/C18H25N3O4S/c1-13-9-10-16(25-13)12-21(5)14(2)18(22)19-15-7-6-8-17(11-15)26(23,24)20(3)4/h6-11,14H,12H2,1-5H3,(H,19,22)/t14-/m0/s1. The normalized spacial score (nSPS) is 13.2. The molecular formula is C18H25N3O4S. The zero-order chi connectivity index (χ0) is 19.5. The van der Waals surface area contributed by atoms with Gasteiger partial charge in [0.15, 0.2) is 0 Å². The fourth-order valence-corrected chi connectivity index (χ4v) is 3.29. The molecule has 0 spiro atoms. The Hall–Kier alpha value is -2.16. The van der Waals surface area contributed by atoms with E-state index >= 15 is 0 Å². The molecular weight excluding hydrogens is 354 g/mol. The van der Waals surface area contributed by atoms with Gasteiger partial charge in [0.2, 0.25) is 15.9 Å². The molecule has 0 fully saturated rings. The highest BCUT2D eigenvalue weighted by atomic mass is 32.2. The lowest BCUT2D eigenvalue weighted by Crippen LogP contribution is -2.39. The van der Waals surface area contributed by atoms with Crippen molar-refractivity contribution in [1.82, 2.24) is 9.21 Å². The van der Waals surface area contributed by atoms with Crippen LogP contribution in [0.5, 0.6) is 0 Å². The summed E-state index contributed by atoms with van der Waals surface area (Å²) in [7, 11) is 1.21. The third-order valence-corrected chi connectivity index (χ3v) is 5.93. The van der Waals surface area contributed by atoms with Crippen LogP contribution in [0, 0.1) is 6.92 Å². The summed E-state index contributed by atoms with van der Waals surface area (Å²) in [4.78, 5) is 14.5. The van der Waals surface area contributed by atoms with Gasteiger partial charge in [0, 0.05) is 19.8 Å². The summed E-state index contributed by atoms with van der Waals surface area (Å²) < 4.78 is 31.1. The topological polar surface area (TPSA) is 82.9 Å². The van der Waals surface area contributed by atoms with E-state index in [1.165, 1.54) is 26.2 Å². The number of sulfonamides is 1. The molecule has 0 aliphatic heterocycles. The highest BCUT2D eigenvalue weighted by Crippen LogP contribution is 2.19. The first-order valence-corrected chi connectivity index (χ1v) is 9.64. The van der Waals surface area contributed by atoms with Crippen molar-refractivity contribution in [2.24, 2.45) is 0 Å². The van der Waals surface area contributed by atoms with Crippen LogP contribution in [0.1, 0.15) is 18.4 Å². The lowest BCUT2D eigenvalue weighted by Gasteiger charge is -2.23. The molecule has 8 heteroatoms. The predicted molar refractivity (Wildman–Crippen MR) is 100 cm³/mol. The van der Waals surface area contributed by atoms with Crippen LogP contribution < -0.4 is 5.32 Å². The number of furan rings is 1. The second kappa shape index (κ2) is 8.03. The molecule has 2 aromatic rings. The second-order valence-electron chi connectivity index (χ2n) is 6.41. The quantitative estimate of drug-likeness (QED) is 0.798. The van der Waals surface area contributed by atoms with E-state index in [1.54, 1.807) is 19.1 Å². The molecule has 0 radical (unpaired) electrons. The third kappa shape index (κ3) is 4.72. The maximum atomic E-state index is 12.5. The minimum absolute atomic E-state index is 0.132.